The van der Waals surface area contributed by atoms with E-state index in [-0.39, 0.29) is 0 Å². The van der Waals surface area contributed by atoms with Crippen molar-refractivity contribution >= 4 is 0 Å². The van der Waals surface area contributed by atoms with Crippen LogP contribution in [0.5, 0.6) is 0 Å². The van der Waals surface area contributed by atoms with E-state index in [1.165, 1.54) is 25.7 Å². The van der Waals surface area contributed by atoms with Crippen LogP contribution in [-0.2, 0) is 0 Å². The highest BCUT2D eigenvalue weighted by Gasteiger charge is 2.42. The molecule has 0 heterocycles. The Bertz CT molecular complexity index is 425. The average Bonchev–Trinajstić information content (AvgIpc) is 2.76. The molecule has 0 aromatic carbocycles. The fraction of sp³-hybridized carbons (Fsp3) is 1.00. The summed E-state index contributed by atoms with van der Waals surface area (Å²) in [7, 11) is 0. The predicted octanol–water partition coefficient (Wildman–Crippen LogP) is 11.7. The van der Waals surface area contributed by atoms with Crippen LogP contribution in [0.4, 0.5) is 0 Å². The molecule has 0 N–H and O–H groups in total. The van der Waals surface area contributed by atoms with Gasteiger partial charge in [-0.1, -0.05) is 111 Å². The van der Waals surface area contributed by atoms with Gasteiger partial charge in [0, 0.05) is 0 Å². The molecule has 0 aromatic heterocycles. The average molecular weight is 505 g/mol. The van der Waals surface area contributed by atoms with Gasteiger partial charge in [0.2, 0.25) is 0 Å². The van der Waals surface area contributed by atoms with Crippen LogP contribution in [0, 0.1) is 94.7 Å². The third-order valence-corrected chi connectivity index (χ3v) is 11.2. The van der Waals surface area contributed by atoms with Gasteiger partial charge in [-0.25, -0.2) is 0 Å². The summed E-state index contributed by atoms with van der Waals surface area (Å²) in [5, 5.41) is 0. The minimum Gasteiger partial charge on any atom is -0.0625 e. The van der Waals surface area contributed by atoms with Gasteiger partial charge in [-0.3, -0.25) is 0 Å². The highest BCUT2D eigenvalue weighted by atomic mass is 14.5. The Labute approximate surface area is 231 Å². The summed E-state index contributed by atoms with van der Waals surface area (Å²) >= 11 is 0. The van der Waals surface area contributed by atoms with Crippen LogP contribution >= 0.6 is 0 Å². The van der Waals surface area contributed by atoms with Crippen molar-refractivity contribution in [1.82, 2.24) is 0 Å². The summed E-state index contributed by atoms with van der Waals surface area (Å²) in [5.74, 6) is 14.4. The number of hydrogen-bond donors (Lipinski definition) is 0. The standard InChI is InChI=1S/2C18H36/c2*1-11(2)15-9-17(13(5)6)18(14(7)8)10-16(15)12(3)4/h2*11-18H,9-10H2,1-8H3. The molecule has 216 valence electrons. The molecule has 2 rings (SSSR count). The van der Waals surface area contributed by atoms with Gasteiger partial charge >= 0.3 is 0 Å². The summed E-state index contributed by atoms with van der Waals surface area (Å²) in [4.78, 5) is 0. The fourth-order valence-corrected chi connectivity index (χ4v) is 8.79. The highest BCUT2D eigenvalue weighted by molar-refractivity contribution is 4.91. The molecule has 0 aromatic rings. The molecule has 0 aliphatic heterocycles. The Balaban J connectivity index is 0.000000360. The van der Waals surface area contributed by atoms with E-state index in [4.69, 9.17) is 0 Å². The summed E-state index contributed by atoms with van der Waals surface area (Å²) in [6, 6.07) is 0. The van der Waals surface area contributed by atoms with Crippen molar-refractivity contribution in [2.45, 2.75) is 136 Å². The minimum atomic E-state index is 0.853. The van der Waals surface area contributed by atoms with Gasteiger partial charge in [0.05, 0.1) is 0 Å². The van der Waals surface area contributed by atoms with Gasteiger partial charge in [-0.05, 0) is 120 Å². The largest absolute Gasteiger partial charge is 0.0625 e. The van der Waals surface area contributed by atoms with Gasteiger partial charge in [-0.15, -0.1) is 0 Å². The van der Waals surface area contributed by atoms with Crippen LogP contribution in [0.25, 0.3) is 0 Å². The monoisotopic (exact) mass is 505 g/mol. The van der Waals surface area contributed by atoms with E-state index in [1.807, 2.05) is 0 Å². The minimum absolute atomic E-state index is 0.853. The van der Waals surface area contributed by atoms with Gasteiger partial charge < -0.3 is 0 Å². The SMILES string of the molecule is CC(C)C1CC(C(C)C)C(C(C)C)CC1C(C)C.CC(C)C1CC(C(C)C)C(C(C)C)CC1C(C)C. The molecular formula is C36H72. The van der Waals surface area contributed by atoms with E-state index in [0.717, 1.165) is 94.7 Å². The zero-order chi connectivity index (χ0) is 28.1. The molecule has 0 spiro atoms. The van der Waals surface area contributed by atoms with E-state index >= 15 is 0 Å². The quantitative estimate of drug-likeness (QED) is 0.308. The lowest BCUT2D eigenvalue weighted by Gasteiger charge is -2.48. The maximum absolute atomic E-state index is 2.44. The number of rotatable bonds is 8. The Hall–Kier alpha value is 0. The van der Waals surface area contributed by atoms with E-state index in [0.29, 0.717) is 0 Å². The van der Waals surface area contributed by atoms with Gasteiger partial charge in [-0.2, -0.15) is 0 Å². The van der Waals surface area contributed by atoms with Crippen molar-refractivity contribution in [3.05, 3.63) is 0 Å². The van der Waals surface area contributed by atoms with Crippen molar-refractivity contribution in [3.8, 4) is 0 Å². The van der Waals surface area contributed by atoms with Crippen molar-refractivity contribution in [2.75, 3.05) is 0 Å². The lowest BCUT2D eigenvalue weighted by Crippen LogP contribution is -2.40. The van der Waals surface area contributed by atoms with E-state index in [1.54, 1.807) is 0 Å². The Morgan fingerprint density at radius 2 is 0.306 bits per heavy atom. The van der Waals surface area contributed by atoms with Gasteiger partial charge in [0.1, 0.15) is 0 Å². The van der Waals surface area contributed by atoms with Gasteiger partial charge in [0.15, 0.2) is 0 Å². The first-order valence-corrected chi connectivity index (χ1v) is 16.5. The van der Waals surface area contributed by atoms with Crippen molar-refractivity contribution in [3.63, 3.8) is 0 Å². The zero-order valence-electron chi connectivity index (χ0n) is 28.1. The smallest absolute Gasteiger partial charge is 0.0357 e. The highest BCUT2D eigenvalue weighted by Crippen LogP contribution is 2.50. The third kappa shape index (κ3) is 9.04. The lowest BCUT2D eigenvalue weighted by atomic mass is 9.57. The Morgan fingerprint density at radius 3 is 0.361 bits per heavy atom. The van der Waals surface area contributed by atoms with Crippen molar-refractivity contribution in [1.29, 1.82) is 0 Å². The molecule has 2 saturated carbocycles. The maximum atomic E-state index is 2.44. The van der Waals surface area contributed by atoms with Crippen molar-refractivity contribution < 1.29 is 0 Å². The summed E-state index contributed by atoms with van der Waals surface area (Å²) < 4.78 is 0. The summed E-state index contributed by atoms with van der Waals surface area (Å²) in [6.45, 7) is 39.0. The molecular weight excluding hydrogens is 432 g/mol. The molecule has 0 bridgehead atoms. The second-order valence-electron chi connectivity index (χ2n) is 16.2. The molecule has 2 fully saturated rings. The van der Waals surface area contributed by atoms with Crippen molar-refractivity contribution in [2.24, 2.45) is 94.7 Å². The summed E-state index contributed by atoms with van der Waals surface area (Å²) in [6.07, 6.45) is 5.89. The zero-order valence-corrected chi connectivity index (χ0v) is 28.1. The lowest BCUT2D eigenvalue weighted by molar-refractivity contribution is 0.0135. The van der Waals surface area contributed by atoms with Crippen LogP contribution < -0.4 is 0 Å². The second-order valence-corrected chi connectivity index (χ2v) is 16.2. The molecule has 0 amide bonds. The molecule has 0 radical (unpaired) electrons. The maximum Gasteiger partial charge on any atom is -0.0357 e. The van der Waals surface area contributed by atoms with Gasteiger partial charge in [0.25, 0.3) is 0 Å². The number of hydrogen-bond acceptors (Lipinski definition) is 0. The second kappa shape index (κ2) is 15.0. The predicted molar refractivity (Wildman–Crippen MR) is 165 cm³/mol. The molecule has 36 heavy (non-hydrogen) atoms. The van der Waals surface area contributed by atoms with Crippen LogP contribution in [0.15, 0.2) is 0 Å². The van der Waals surface area contributed by atoms with Crippen LogP contribution in [0.3, 0.4) is 0 Å². The first-order chi connectivity index (χ1) is 16.5. The van der Waals surface area contributed by atoms with E-state index < -0.39 is 0 Å². The third-order valence-electron chi connectivity index (χ3n) is 11.2. The molecule has 8 unspecified atom stereocenters. The molecule has 0 saturated heterocycles. The molecule has 2 aliphatic rings. The van der Waals surface area contributed by atoms with Crippen LogP contribution in [0.2, 0.25) is 0 Å². The fourth-order valence-electron chi connectivity index (χ4n) is 8.79. The topological polar surface area (TPSA) is 0 Å². The normalized spacial score (nSPS) is 34.0. The Kier molecular flexibility index (Phi) is 14.1. The van der Waals surface area contributed by atoms with E-state index in [9.17, 15) is 0 Å². The Morgan fingerprint density at radius 1 is 0.222 bits per heavy atom. The first kappa shape index (κ1) is 34.0. The van der Waals surface area contributed by atoms with Crippen LogP contribution in [0.1, 0.15) is 136 Å². The molecule has 8 atom stereocenters. The molecule has 2 aliphatic carbocycles. The molecule has 0 nitrogen and oxygen atoms in total. The van der Waals surface area contributed by atoms with E-state index in [2.05, 4.69) is 111 Å². The summed E-state index contributed by atoms with van der Waals surface area (Å²) in [5.41, 5.74) is 0. The van der Waals surface area contributed by atoms with Crippen LogP contribution in [-0.4, -0.2) is 0 Å². The molecule has 0 heteroatoms. The first-order valence-electron chi connectivity index (χ1n) is 16.5.